The number of hydrogen-bond acceptors (Lipinski definition) is 3. The quantitative estimate of drug-likeness (QED) is 0.456. The van der Waals surface area contributed by atoms with Crippen LogP contribution in [0.4, 0.5) is 5.69 Å². The lowest BCUT2D eigenvalue weighted by atomic mass is 9.93. The molecular weight excluding hydrogens is 372 g/mol. The fraction of sp³-hybridized carbons (Fsp3) is 0.115. The zero-order chi connectivity index (χ0) is 21.3. The third-order valence-electron chi connectivity index (χ3n) is 5.23. The lowest BCUT2D eigenvalue weighted by molar-refractivity contribution is 0.101. The molecule has 0 aliphatic rings. The van der Waals surface area contributed by atoms with Crippen LogP contribution in [-0.4, -0.2) is 16.7 Å². The van der Waals surface area contributed by atoms with Crippen LogP contribution in [0.2, 0.25) is 0 Å². The summed E-state index contributed by atoms with van der Waals surface area (Å²) < 4.78 is 0. The molecule has 1 N–H and O–H groups in total. The molecule has 0 unspecified atom stereocenters. The van der Waals surface area contributed by atoms with Gasteiger partial charge in [-0.3, -0.25) is 14.6 Å². The predicted octanol–water partition coefficient (Wildman–Crippen LogP) is 5.64. The molecule has 0 bridgehead atoms. The number of nitrogens with zero attached hydrogens (tertiary/aromatic N) is 1. The van der Waals surface area contributed by atoms with Crippen molar-refractivity contribution in [2.45, 2.75) is 20.8 Å². The van der Waals surface area contributed by atoms with Crippen molar-refractivity contribution in [3.63, 3.8) is 0 Å². The Morgan fingerprint density at radius 1 is 0.800 bits per heavy atom. The van der Waals surface area contributed by atoms with Gasteiger partial charge in [-0.25, -0.2) is 0 Å². The van der Waals surface area contributed by atoms with Gasteiger partial charge >= 0.3 is 0 Å². The number of ketones is 1. The molecule has 0 aliphatic heterocycles. The number of carbonyl (C=O) groups excluding carboxylic acids is 2. The van der Waals surface area contributed by atoms with Gasteiger partial charge in [0.05, 0.1) is 11.9 Å². The van der Waals surface area contributed by atoms with Crippen LogP contribution in [-0.2, 0) is 0 Å². The third kappa shape index (κ3) is 3.72. The molecule has 4 aromatic rings. The van der Waals surface area contributed by atoms with Gasteiger partial charge in [-0.1, -0.05) is 54.1 Å². The van der Waals surface area contributed by atoms with Crippen LogP contribution in [0.5, 0.6) is 0 Å². The summed E-state index contributed by atoms with van der Waals surface area (Å²) >= 11 is 0. The van der Waals surface area contributed by atoms with E-state index in [-0.39, 0.29) is 11.7 Å². The molecule has 4 heteroatoms. The zero-order valence-electron chi connectivity index (χ0n) is 17.2. The monoisotopic (exact) mass is 394 g/mol. The average molecular weight is 394 g/mol. The summed E-state index contributed by atoms with van der Waals surface area (Å²) in [5, 5.41) is 4.81. The standard InChI is InChI=1S/C26H22N2O2/c1-16-12-17(2)24(18(3)13-16)25(29)19-8-10-20(11-9-19)26(30)28-23-15-27-14-21-6-4-5-7-22(21)23/h4-15H,1-3H3,(H,28,30). The number of rotatable bonds is 4. The van der Waals surface area contributed by atoms with Gasteiger partial charge < -0.3 is 5.32 Å². The Labute approximate surface area is 175 Å². The lowest BCUT2D eigenvalue weighted by Crippen LogP contribution is -2.13. The topological polar surface area (TPSA) is 59.1 Å². The highest BCUT2D eigenvalue weighted by Crippen LogP contribution is 2.23. The highest BCUT2D eigenvalue weighted by molar-refractivity contribution is 6.12. The fourth-order valence-electron chi connectivity index (χ4n) is 3.87. The van der Waals surface area contributed by atoms with E-state index in [1.807, 2.05) is 57.2 Å². The summed E-state index contributed by atoms with van der Waals surface area (Å²) in [5.74, 6) is -0.273. The van der Waals surface area contributed by atoms with Crippen molar-refractivity contribution in [2.75, 3.05) is 5.32 Å². The molecule has 0 saturated carbocycles. The number of amides is 1. The van der Waals surface area contributed by atoms with Gasteiger partial charge in [0, 0.05) is 33.7 Å². The van der Waals surface area contributed by atoms with Crippen molar-refractivity contribution < 1.29 is 9.59 Å². The number of nitrogens with one attached hydrogen (secondary N) is 1. The number of hydrogen-bond donors (Lipinski definition) is 1. The van der Waals surface area contributed by atoms with Crippen LogP contribution in [0.25, 0.3) is 10.8 Å². The highest BCUT2D eigenvalue weighted by atomic mass is 16.1. The minimum absolute atomic E-state index is 0.0322. The Morgan fingerprint density at radius 2 is 1.43 bits per heavy atom. The SMILES string of the molecule is Cc1cc(C)c(C(=O)c2ccc(C(=O)Nc3cncc4ccccc34)cc2)c(C)c1. The average Bonchev–Trinajstić information content (AvgIpc) is 2.73. The third-order valence-corrected chi connectivity index (χ3v) is 5.23. The lowest BCUT2D eigenvalue weighted by Gasteiger charge is -2.11. The molecule has 0 spiro atoms. The summed E-state index contributed by atoms with van der Waals surface area (Å²) in [4.78, 5) is 29.9. The summed E-state index contributed by atoms with van der Waals surface area (Å²) in [7, 11) is 0. The number of benzene rings is 3. The molecule has 1 aromatic heterocycles. The first kappa shape index (κ1) is 19.5. The molecule has 0 radical (unpaired) electrons. The van der Waals surface area contributed by atoms with Gasteiger partial charge in [-0.2, -0.15) is 0 Å². The van der Waals surface area contributed by atoms with Crippen molar-refractivity contribution in [3.8, 4) is 0 Å². The molecular formula is C26H22N2O2. The summed E-state index contributed by atoms with van der Waals surface area (Å²) in [6.45, 7) is 5.92. The van der Waals surface area contributed by atoms with E-state index < -0.39 is 0 Å². The smallest absolute Gasteiger partial charge is 0.255 e. The van der Waals surface area contributed by atoms with Gasteiger partial charge in [0.1, 0.15) is 0 Å². The largest absolute Gasteiger partial charge is 0.320 e. The maximum atomic E-state index is 13.0. The molecule has 0 fully saturated rings. The Balaban J connectivity index is 1.58. The fourth-order valence-corrected chi connectivity index (χ4v) is 3.87. The van der Waals surface area contributed by atoms with E-state index in [2.05, 4.69) is 10.3 Å². The number of fused-ring (bicyclic) bond motifs is 1. The van der Waals surface area contributed by atoms with Crippen molar-refractivity contribution >= 4 is 28.2 Å². The molecule has 4 nitrogen and oxygen atoms in total. The molecule has 0 saturated heterocycles. The van der Waals surface area contributed by atoms with Crippen LogP contribution < -0.4 is 5.32 Å². The predicted molar refractivity (Wildman–Crippen MR) is 120 cm³/mol. The van der Waals surface area contributed by atoms with Crippen LogP contribution in [0, 0.1) is 20.8 Å². The summed E-state index contributed by atoms with van der Waals surface area (Å²) in [6, 6.07) is 18.6. The van der Waals surface area contributed by atoms with Gasteiger partial charge in [0.2, 0.25) is 0 Å². The van der Waals surface area contributed by atoms with Gasteiger partial charge in [-0.05, 0) is 44.0 Å². The number of carbonyl (C=O) groups is 2. The second-order valence-electron chi connectivity index (χ2n) is 7.54. The first-order chi connectivity index (χ1) is 14.4. The minimum Gasteiger partial charge on any atom is -0.320 e. The Hall–Kier alpha value is -3.79. The number of anilines is 1. The van der Waals surface area contributed by atoms with E-state index in [0.29, 0.717) is 16.8 Å². The second kappa shape index (κ2) is 7.91. The Kier molecular flexibility index (Phi) is 5.15. The van der Waals surface area contributed by atoms with E-state index in [4.69, 9.17) is 0 Å². The van der Waals surface area contributed by atoms with Gasteiger partial charge in [0.15, 0.2) is 5.78 Å². The first-order valence-corrected chi connectivity index (χ1v) is 9.81. The molecule has 4 rings (SSSR count). The van der Waals surface area contributed by atoms with Crippen molar-refractivity contribution in [3.05, 3.63) is 106 Å². The number of pyridine rings is 1. The first-order valence-electron chi connectivity index (χ1n) is 9.81. The minimum atomic E-state index is -0.241. The van der Waals surface area contributed by atoms with Crippen molar-refractivity contribution in [1.29, 1.82) is 0 Å². The Morgan fingerprint density at radius 3 is 2.13 bits per heavy atom. The van der Waals surface area contributed by atoms with Gasteiger partial charge in [-0.15, -0.1) is 0 Å². The number of aromatic nitrogens is 1. The molecule has 0 aliphatic carbocycles. The molecule has 0 atom stereocenters. The van der Waals surface area contributed by atoms with Crippen LogP contribution >= 0.6 is 0 Å². The van der Waals surface area contributed by atoms with Crippen molar-refractivity contribution in [2.24, 2.45) is 0 Å². The van der Waals surface area contributed by atoms with Crippen LogP contribution in [0.3, 0.4) is 0 Å². The normalized spacial score (nSPS) is 10.8. The zero-order valence-corrected chi connectivity index (χ0v) is 17.2. The van der Waals surface area contributed by atoms with E-state index in [9.17, 15) is 9.59 Å². The van der Waals surface area contributed by atoms with Crippen molar-refractivity contribution in [1.82, 2.24) is 4.98 Å². The second-order valence-corrected chi connectivity index (χ2v) is 7.54. The maximum absolute atomic E-state index is 13.0. The molecule has 3 aromatic carbocycles. The molecule has 1 amide bonds. The van der Waals surface area contributed by atoms with Crippen LogP contribution in [0.15, 0.2) is 73.1 Å². The Bertz CT molecular complexity index is 1250. The van der Waals surface area contributed by atoms with E-state index >= 15 is 0 Å². The van der Waals surface area contributed by atoms with Crippen LogP contribution in [0.1, 0.15) is 43.0 Å². The van der Waals surface area contributed by atoms with E-state index in [1.165, 1.54) is 0 Å². The molecule has 30 heavy (non-hydrogen) atoms. The van der Waals surface area contributed by atoms with E-state index in [1.54, 1.807) is 36.7 Å². The highest BCUT2D eigenvalue weighted by Gasteiger charge is 2.16. The maximum Gasteiger partial charge on any atom is 0.255 e. The molecule has 1 heterocycles. The van der Waals surface area contributed by atoms with Gasteiger partial charge in [0.25, 0.3) is 5.91 Å². The number of aryl methyl sites for hydroxylation is 3. The molecule has 148 valence electrons. The summed E-state index contributed by atoms with van der Waals surface area (Å²) in [5.41, 5.74) is 5.48. The summed E-state index contributed by atoms with van der Waals surface area (Å²) in [6.07, 6.45) is 3.40. The van der Waals surface area contributed by atoms with E-state index in [0.717, 1.165) is 33.0 Å².